The summed E-state index contributed by atoms with van der Waals surface area (Å²) in [6, 6.07) is 14.8. The Morgan fingerprint density at radius 1 is 1.04 bits per heavy atom. The van der Waals surface area contributed by atoms with Crippen LogP contribution in [0.2, 0.25) is 0 Å². The third-order valence-corrected chi connectivity index (χ3v) is 4.67. The Kier molecular flexibility index (Phi) is 4.89. The zero-order valence-corrected chi connectivity index (χ0v) is 15.5. The van der Waals surface area contributed by atoms with Crippen molar-refractivity contribution in [3.05, 3.63) is 70.5 Å². The van der Waals surface area contributed by atoms with E-state index >= 15 is 0 Å². The average Bonchev–Trinajstić information content (AvgIpc) is 3.12. The minimum Gasteiger partial charge on any atom is -0.346 e. The highest BCUT2D eigenvalue weighted by atomic mass is 16.1. The molecule has 1 atom stereocenters. The predicted molar refractivity (Wildman–Crippen MR) is 108 cm³/mol. The van der Waals surface area contributed by atoms with Crippen molar-refractivity contribution in [2.24, 2.45) is 0 Å². The Morgan fingerprint density at radius 3 is 2.61 bits per heavy atom. The maximum absolute atomic E-state index is 12.3. The number of aryl methyl sites for hydroxylation is 1. The molecule has 0 aliphatic carbocycles. The van der Waals surface area contributed by atoms with Crippen LogP contribution in [0.25, 0.3) is 21.9 Å². The van der Waals surface area contributed by atoms with E-state index in [0.717, 1.165) is 16.9 Å². The molecule has 1 amide bonds. The Bertz CT molecular complexity index is 1160. The van der Waals surface area contributed by atoms with Gasteiger partial charge in [-0.25, -0.2) is 9.97 Å². The molecular formula is C21H21N5O2. The number of nitrogens with one attached hydrogen (secondary N) is 3. The van der Waals surface area contributed by atoms with Crippen molar-refractivity contribution in [3.63, 3.8) is 0 Å². The number of hydrogen-bond acceptors (Lipinski definition) is 4. The monoisotopic (exact) mass is 375 g/mol. The predicted octanol–water partition coefficient (Wildman–Crippen LogP) is 3.00. The molecule has 0 aliphatic heterocycles. The van der Waals surface area contributed by atoms with Crippen molar-refractivity contribution in [2.75, 3.05) is 0 Å². The van der Waals surface area contributed by atoms with Gasteiger partial charge in [-0.2, -0.15) is 0 Å². The van der Waals surface area contributed by atoms with Crippen LogP contribution in [0, 0.1) is 0 Å². The molecule has 2 aromatic carbocycles. The number of fused-ring (bicyclic) bond motifs is 2. The Morgan fingerprint density at radius 2 is 1.79 bits per heavy atom. The standard InChI is InChI=1S/C21H21N5O2/c1-13(20-24-16-9-4-5-10-17(16)25-20)22-19(27)12-6-11-18-23-15-8-3-2-7-14(15)21(28)26-18/h2-5,7-10,13H,6,11-12H2,1H3,(H,22,27)(H,24,25)(H,23,26,28)/t13-/m1/s1. The van der Waals surface area contributed by atoms with Crippen LogP contribution in [-0.2, 0) is 11.2 Å². The highest BCUT2D eigenvalue weighted by Gasteiger charge is 2.13. The van der Waals surface area contributed by atoms with Gasteiger partial charge in [-0.1, -0.05) is 24.3 Å². The van der Waals surface area contributed by atoms with Crippen molar-refractivity contribution in [1.29, 1.82) is 0 Å². The number of imidazole rings is 1. The summed E-state index contributed by atoms with van der Waals surface area (Å²) < 4.78 is 0. The molecule has 7 nitrogen and oxygen atoms in total. The number of rotatable bonds is 6. The number of aromatic amines is 2. The van der Waals surface area contributed by atoms with Gasteiger partial charge >= 0.3 is 0 Å². The van der Waals surface area contributed by atoms with E-state index in [1.807, 2.05) is 49.4 Å². The first-order chi connectivity index (χ1) is 13.6. The number of benzene rings is 2. The first-order valence-electron chi connectivity index (χ1n) is 9.32. The maximum atomic E-state index is 12.3. The zero-order chi connectivity index (χ0) is 19.5. The van der Waals surface area contributed by atoms with Gasteiger partial charge < -0.3 is 15.3 Å². The SMILES string of the molecule is C[C@@H](NC(=O)CCCc1nc2ccccc2c(=O)[nH]1)c1nc2ccccc2[nH]1. The average molecular weight is 375 g/mol. The summed E-state index contributed by atoms with van der Waals surface area (Å²) in [6.07, 6.45) is 1.48. The fraction of sp³-hybridized carbons (Fsp3) is 0.238. The number of aromatic nitrogens is 4. The van der Waals surface area contributed by atoms with E-state index in [-0.39, 0.29) is 17.5 Å². The molecule has 142 valence electrons. The lowest BCUT2D eigenvalue weighted by Gasteiger charge is -2.11. The Hall–Kier alpha value is -3.48. The number of carbonyl (C=O) groups is 1. The summed E-state index contributed by atoms with van der Waals surface area (Å²) in [6.45, 7) is 1.90. The van der Waals surface area contributed by atoms with E-state index in [9.17, 15) is 9.59 Å². The summed E-state index contributed by atoms with van der Waals surface area (Å²) in [5.74, 6) is 1.27. The number of amides is 1. The summed E-state index contributed by atoms with van der Waals surface area (Å²) in [5, 5.41) is 3.53. The summed E-state index contributed by atoms with van der Waals surface area (Å²) in [4.78, 5) is 39.4. The van der Waals surface area contributed by atoms with Crippen LogP contribution >= 0.6 is 0 Å². The Labute approximate surface area is 161 Å². The first-order valence-corrected chi connectivity index (χ1v) is 9.32. The molecule has 0 radical (unpaired) electrons. The lowest BCUT2D eigenvalue weighted by atomic mass is 10.2. The molecule has 0 saturated carbocycles. The molecule has 0 spiro atoms. The van der Waals surface area contributed by atoms with Crippen LogP contribution in [0.5, 0.6) is 0 Å². The van der Waals surface area contributed by atoms with Gasteiger partial charge in [0.15, 0.2) is 0 Å². The van der Waals surface area contributed by atoms with Crippen LogP contribution in [0.15, 0.2) is 53.3 Å². The molecule has 4 aromatic rings. The summed E-state index contributed by atoms with van der Waals surface area (Å²) >= 11 is 0. The number of carbonyl (C=O) groups excluding carboxylic acids is 1. The molecule has 0 fully saturated rings. The van der Waals surface area contributed by atoms with E-state index in [0.29, 0.717) is 36.0 Å². The first kappa shape index (κ1) is 17.9. The Balaban J connectivity index is 1.33. The van der Waals surface area contributed by atoms with E-state index in [4.69, 9.17) is 0 Å². The van der Waals surface area contributed by atoms with Gasteiger partial charge in [0.25, 0.3) is 5.56 Å². The largest absolute Gasteiger partial charge is 0.346 e. The van der Waals surface area contributed by atoms with Crippen molar-refractivity contribution in [2.45, 2.75) is 32.2 Å². The minimum absolute atomic E-state index is 0.0592. The lowest BCUT2D eigenvalue weighted by molar-refractivity contribution is -0.121. The fourth-order valence-electron chi connectivity index (χ4n) is 3.23. The topological polar surface area (TPSA) is 104 Å². The van der Waals surface area contributed by atoms with Crippen molar-refractivity contribution >= 4 is 27.8 Å². The van der Waals surface area contributed by atoms with Crippen LogP contribution in [0.4, 0.5) is 0 Å². The van der Waals surface area contributed by atoms with E-state index < -0.39 is 0 Å². The summed E-state index contributed by atoms with van der Waals surface area (Å²) in [7, 11) is 0. The van der Waals surface area contributed by atoms with Crippen LogP contribution < -0.4 is 10.9 Å². The van der Waals surface area contributed by atoms with Gasteiger partial charge in [-0.05, 0) is 37.6 Å². The second-order valence-corrected chi connectivity index (χ2v) is 6.81. The zero-order valence-electron chi connectivity index (χ0n) is 15.5. The molecule has 2 aromatic heterocycles. The lowest BCUT2D eigenvalue weighted by Crippen LogP contribution is -2.27. The van der Waals surface area contributed by atoms with Gasteiger partial charge in [-0.3, -0.25) is 9.59 Å². The van der Waals surface area contributed by atoms with E-state index in [2.05, 4.69) is 25.3 Å². The molecule has 2 heterocycles. The molecule has 0 aliphatic rings. The molecular weight excluding hydrogens is 354 g/mol. The molecule has 4 rings (SSSR count). The fourth-order valence-corrected chi connectivity index (χ4v) is 3.23. The van der Waals surface area contributed by atoms with E-state index in [1.165, 1.54) is 0 Å². The van der Waals surface area contributed by atoms with Crippen LogP contribution in [-0.4, -0.2) is 25.8 Å². The molecule has 28 heavy (non-hydrogen) atoms. The quantitative estimate of drug-likeness (QED) is 0.482. The maximum Gasteiger partial charge on any atom is 0.258 e. The normalized spacial score (nSPS) is 12.3. The third kappa shape index (κ3) is 3.78. The van der Waals surface area contributed by atoms with Crippen molar-refractivity contribution in [3.8, 4) is 0 Å². The number of hydrogen-bond donors (Lipinski definition) is 3. The highest BCUT2D eigenvalue weighted by Crippen LogP contribution is 2.15. The second kappa shape index (κ2) is 7.64. The van der Waals surface area contributed by atoms with Gasteiger partial charge in [-0.15, -0.1) is 0 Å². The summed E-state index contributed by atoms with van der Waals surface area (Å²) in [5.41, 5.74) is 2.35. The number of H-pyrrole nitrogens is 2. The van der Waals surface area contributed by atoms with Crippen LogP contribution in [0.1, 0.15) is 37.5 Å². The van der Waals surface area contributed by atoms with Gasteiger partial charge in [0.1, 0.15) is 11.6 Å². The molecule has 0 saturated heterocycles. The molecule has 0 bridgehead atoms. The third-order valence-electron chi connectivity index (χ3n) is 4.67. The van der Waals surface area contributed by atoms with E-state index in [1.54, 1.807) is 6.07 Å². The molecule has 0 unspecified atom stereocenters. The molecule has 3 N–H and O–H groups in total. The molecule has 7 heteroatoms. The van der Waals surface area contributed by atoms with Gasteiger partial charge in [0.05, 0.1) is 28.0 Å². The van der Waals surface area contributed by atoms with Crippen LogP contribution in [0.3, 0.4) is 0 Å². The smallest absolute Gasteiger partial charge is 0.258 e. The van der Waals surface area contributed by atoms with Gasteiger partial charge in [0.2, 0.25) is 5.91 Å². The number of para-hydroxylation sites is 3. The minimum atomic E-state index is -0.210. The van der Waals surface area contributed by atoms with Crippen molar-refractivity contribution in [1.82, 2.24) is 25.3 Å². The second-order valence-electron chi connectivity index (χ2n) is 6.81. The highest BCUT2D eigenvalue weighted by molar-refractivity contribution is 5.78. The number of nitrogens with zero attached hydrogens (tertiary/aromatic N) is 2. The van der Waals surface area contributed by atoms with Crippen molar-refractivity contribution < 1.29 is 4.79 Å². The van der Waals surface area contributed by atoms with Gasteiger partial charge in [0, 0.05) is 12.8 Å².